The van der Waals surface area contributed by atoms with Gasteiger partial charge in [0.2, 0.25) is 5.91 Å². The molecule has 2 aromatic rings. The van der Waals surface area contributed by atoms with Crippen LogP contribution in [0.5, 0.6) is 0 Å². The summed E-state index contributed by atoms with van der Waals surface area (Å²) in [4.78, 5) is 47.7. The summed E-state index contributed by atoms with van der Waals surface area (Å²) in [5.74, 6) is -1.91. The van der Waals surface area contributed by atoms with Crippen LogP contribution < -0.4 is 10.6 Å². The fourth-order valence-electron chi connectivity index (χ4n) is 2.76. The van der Waals surface area contributed by atoms with Gasteiger partial charge in [0.05, 0.1) is 18.6 Å². The predicted octanol–water partition coefficient (Wildman–Crippen LogP) is 4.16. The lowest BCUT2D eigenvalue weighted by Gasteiger charge is -2.09. The maximum Gasteiger partial charge on any atom is 0.338 e. The Hall–Kier alpha value is -3.68. The lowest BCUT2D eigenvalue weighted by atomic mass is 10.1. The minimum absolute atomic E-state index is 0.0524. The molecule has 2 aromatic carbocycles. The Bertz CT molecular complexity index is 985. The zero-order chi connectivity index (χ0) is 24.2. The van der Waals surface area contributed by atoms with Gasteiger partial charge in [-0.2, -0.15) is 0 Å². The van der Waals surface area contributed by atoms with Crippen LogP contribution in [-0.2, 0) is 23.9 Å². The van der Waals surface area contributed by atoms with E-state index in [2.05, 4.69) is 10.6 Å². The van der Waals surface area contributed by atoms with E-state index < -0.39 is 24.5 Å². The molecule has 0 heterocycles. The average Bonchev–Trinajstić information content (AvgIpc) is 2.79. The topological polar surface area (TPSA) is 111 Å². The molecule has 0 saturated carbocycles. The van der Waals surface area contributed by atoms with E-state index in [4.69, 9.17) is 9.47 Å². The number of anilines is 2. The number of ether oxygens (including phenoxy) is 2. The van der Waals surface area contributed by atoms with E-state index in [9.17, 15) is 19.2 Å². The highest BCUT2D eigenvalue weighted by atomic mass is 16.5. The number of nitrogens with one attached hydrogen (secondary N) is 2. The molecule has 0 atom stereocenters. The summed E-state index contributed by atoms with van der Waals surface area (Å²) in [6.45, 7) is 5.83. The lowest BCUT2D eigenvalue weighted by Crippen LogP contribution is -2.21. The van der Waals surface area contributed by atoms with Crippen LogP contribution in [0.2, 0.25) is 0 Å². The number of unbranched alkanes of at least 4 members (excludes halogenated alkanes) is 1. The first-order valence-corrected chi connectivity index (χ1v) is 10.9. The summed E-state index contributed by atoms with van der Waals surface area (Å²) in [7, 11) is 0. The second kappa shape index (κ2) is 13.0. The number of carbonyl (C=O) groups excluding carboxylic acids is 4. The number of aryl methyl sites for hydroxylation is 2. The first kappa shape index (κ1) is 25.6. The summed E-state index contributed by atoms with van der Waals surface area (Å²) in [5.41, 5.74) is 3.68. The van der Waals surface area contributed by atoms with Gasteiger partial charge in [-0.25, -0.2) is 4.79 Å². The van der Waals surface area contributed by atoms with E-state index in [0.717, 1.165) is 24.0 Å². The number of hydrogen-bond donors (Lipinski definition) is 2. The van der Waals surface area contributed by atoms with Crippen LogP contribution in [0.15, 0.2) is 42.5 Å². The van der Waals surface area contributed by atoms with Gasteiger partial charge in [0.1, 0.15) is 0 Å². The van der Waals surface area contributed by atoms with Gasteiger partial charge in [-0.05, 0) is 67.8 Å². The van der Waals surface area contributed by atoms with E-state index in [-0.39, 0.29) is 18.7 Å². The summed E-state index contributed by atoms with van der Waals surface area (Å²) in [6.07, 6.45) is 1.54. The molecule has 0 aliphatic heterocycles. The van der Waals surface area contributed by atoms with Gasteiger partial charge in [0.25, 0.3) is 5.91 Å². The molecule has 0 radical (unpaired) electrons. The van der Waals surface area contributed by atoms with Crippen molar-refractivity contribution >= 4 is 35.1 Å². The Kier molecular flexibility index (Phi) is 10.1. The number of amides is 2. The number of carbonyl (C=O) groups is 4. The van der Waals surface area contributed by atoms with Crippen molar-refractivity contribution in [3.8, 4) is 0 Å². The van der Waals surface area contributed by atoms with Crippen molar-refractivity contribution in [1.82, 2.24) is 0 Å². The molecule has 176 valence electrons. The highest BCUT2D eigenvalue weighted by Gasteiger charge is 2.12. The largest absolute Gasteiger partial charge is 0.462 e. The van der Waals surface area contributed by atoms with Crippen molar-refractivity contribution in [2.45, 2.75) is 46.5 Å². The summed E-state index contributed by atoms with van der Waals surface area (Å²) in [5, 5.41) is 5.31. The zero-order valence-corrected chi connectivity index (χ0v) is 19.2. The Balaban J connectivity index is 1.69. The number of rotatable bonds is 11. The molecular weight excluding hydrogens is 424 g/mol. The van der Waals surface area contributed by atoms with Gasteiger partial charge in [-0.15, -0.1) is 0 Å². The van der Waals surface area contributed by atoms with Crippen LogP contribution in [0, 0.1) is 13.8 Å². The van der Waals surface area contributed by atoms with Crippen molar-refractivity contribution in [3.63, 3.8) is 0 Å². The monoisotopic (exact) mass is 454 g/mol. The van der Waals surface area contributed by atoms with E-state index in [1.165, 1.54) is 0 Å². The molecule has 0 spiro atoms. The number of benzene rings is 2. The Morgan fingerprint density at radius 1 is 0.788 bits per heavy atom. The van der Waals surface area contributed by atoms with Gasteiger partial charge >= 0.3 is 11.9 Å². The van der Waals surface area contributed by atoms with Crippen molar-refractivity contribution in [1.29, 1.82) is 0 Å². The standard InChI is InChI=1S/C25H30N2O6/c1-4-5-14-32-25(31)19-7-10-20(11-8-19)26-23(29)16-33-24(30)13-12-22(28)27-21-9-6-17(2)18(3)15-21/h6-11,15H,4-5,12-14,16H2,1-3H3,(H,26,29)(H,27,28). The molecule has 0 aliphatic carbocycles. The molecule has 0 bridgehead atoms. The minimum Gasteiger partial charge on any atom is -0.462 e. The molecule has 2 N–H and O–H groups in total. The first-order chi connectivity index (χ1) is 15.8. The van der Waals surface area contributed by atoms with E-state index in [1.807, 2.05) is 32.9 Å². The summed E-state index contributed by atoms with van der Waals surface area (Å²) >= 11 is 0. The van der Waals surface area contributed by atoms with Crippen LogP contribution in [0.3, 0.4) is 0 Å². The maximum absolute atomic E-state index is 12.0. The van der Waals surface area contributed by atoms with E-state index in [0.29, 0.717) is 23.5 Å². The van der Waals surface area contributed by atoms with Gasteiger partial charge in [-0.1, -0.05) is 19.4 Å². The van der Waals surface area contributed by atoms with Crippen LogP contribution in [0.4, 0.5) is 11.4 Å². The number of hydrogen-bond acceptors (Lipinski definition) is 6. The third-order valence-electron chi connectivity index (χ3n) is 4.85. The normalized spacial score (nSPS) is 10.3. The number of esters is 2. The average molecular weight is 455 g/mol. The van der Waals surface area contributed by atoms with Gasteiger partial charge in [-0.3, -0.25) is 14.4 Å². The molecule has 33 heavy (non-hydrogen) atoms. The van der Waals surface area contributed by atoms with Crippen LogP contribution in [-0.4, -0.2) is 37.0 Å². The Morgan fingerprint density at radius 2 is 1.45 bits per heavy atom. The fourth-order valence-corrected chi connectivity index (χ4v) is 2.76. The summed E-state index contributed by atoms with van der Waals surface area (Å²) < 4.78 is 10.0. The first-order valence-electron chi connectivity index (χ1n) is 10.9. The highest BCUT2D eigenvalue weighted by molar-refractivity contribution is 5.95. The van der Waals surface area contributed by atoms with Gasteiger partial charge in [0.15, 0.2) is 6.61 Å². The van der Waals surface area contributed by atoms with Crippen LogP contribution >= 0.6 is 0 Å². The van der Waals surface area contributed by atoms with Crippen molar-refractivity contribution in [3.05, 3.63) is 59.2 Å². The zero-order valence-electron chi connectivity index (χ0n) is 19.2. The van der Waals surface area contributed by atoms with Gasteiger partial charge in [0, 0.05) is 17.8 Å². The smallest absolute Gasteiger partial charge is 0.338 e. The fraction of sp³-hybridized carbons (Fsp3) is 0.360. The summed E-state index contributed by atoms with van der Waals surface area (Å²) in [6, 6.07) is 11.8. The molecule has 8 nitrogen and oxygen atoms in total. The third-order valence-corrected chi connectivity index (χ3v) is 4.85. The maximum atomic E-state index is 12.0. The second-order valence-corrected chi connectivity index (χ2v) is 7.62. The van der Waals surface area contributed by atoms with Gasteiger partial charge < -0.3 is 20.1 Å². The molecule has 8 heteroatoms. The molecule has 0 fully saturated rings. The van der Waals surface area contributed by atoms with E-state index in [1.54, 1.807) is 30.3 Å². The lowest BCUT2D eigenvalue weighted by molar-refractivity contribution is -0.147. The van der Waals surface area contributed by atoms with Crippen molar-refractivity contribution < 1.29 is 28.7 Å². The van der Waals surface area contributed by atoms with Crippen LogP contribution in [0.1, 0.15) is 54.1 Å². The quantitative estimate of drug-likeness (QED) is 0.390. The molecular formula is C25H30N2O6. The molecule has 0 aliphatic rings. The minimum atomic E-state index is -0.648. The molecule has 0 unspecified atom stereocenters. The molecule has 0 saturated heterocycles. The molecule has 0 aromatic heterocycles. The van der Waals surface area contributed by atoms with E-state index >= 15 is 0 Å². The Morgan fingerprint density at radius 3 is 2.12 bits per heavy atom. The van der Waals surface area contributed by atoms with Crippen molar-refractivity contribution in [2.24, 2.45) is 0 Å². The van der Waals surface area contributed by atoms with Crippen molar-refractivity contribution in [2.75, 3.05) is 23.8 Å². The SMILES string of the molecule is CCCCOC(=O)c1ccc(NC(=O)COC(=O)CCC(=O)Nc2ccc(C)c(C)c2)cc1. The predicted molar refractivity (Wildman–Crippen MR) is 125 cm³/mol. The second-order valence-electron chi connectivity index (χ2n) is 7.62. The molecule has 2 amide bonds. The van der Waals surface area contributed by atoms with Crippen LogP contribution in [0.25, 0.3) is 0 Å². The highest BCUT2D eigenvalue weighted by Crippen LogP contribution is 2.15. The molecule has 2 rings (SSSR count). The Labute approximate surface area is 193 Å². The third kappa shape index (κ3) is 9.14.